The van der Waals surface area contributed by atoms with E-state index in [4.69, 9.17) is 10.00 Å². The lowest BCUT2D eigenvalue weighted by atomic mass is 9.77. The maximum absolute atomic E-state index is 10.5. The van der Waals surface area contributed by atoms with Crippen molar-refractivity contribution in [2.45, 2.75) is 31.0 Å². The molecule has 1 heterocycles. The van der Waals surface area contributed by atoms with Crippen molar-refractivity contribution in [3.8, 4) is 11.8 Å². The van der Waals surface area contributed by atoms with Gasteiger partial charge in [0.2, 0.25) is 6.10 Å². The molecule has 0 saturated carbocycles. The molecule has 3 rings (SSSR count). The predicted octanol–water partition coefficient (Wildman–Crippen LogP) is 1.50. The lowest BCUT2D eigenvalue weighted by molar-refractivity contribution is -0.0280. The second kappa shape index (κ2) is 2.74. The van der Waals surface area contributed by atoms with Crippen molar-refractivity contribution in [1.29, 1.82) is 5.26 Å². The van der Waals surface area contributed by atoms with E-state index >= 15 is 0 Å². The maximum Gasteiger partial charge on any atom is 0.217 e. The minimum absolute atomic E-state index is 0.620. The molecule has 0 radical (unpaired) electrons. The SMILES string of the molecule is N#C[C@@H]1Oc2cccc3c2[C@@]1(O)CCC3. The summed E-state index contributed by atoms with van der Waals surface area (Å²) >= 11 is 0. The topological polar surface area (TPSA) is 53.2 Å². The molecular formula is C12H11NO2. The van der Waals surface area contributed by atoms with Crippen LogP contribution in [0.5, 0.6) is 5.75 Å². The maximum atomic E-state index is 10.5. The fourth-order valence-electron chi connectivity index (χ4n) is 2.67. The van der Waals surface area contributed by atoms with Crippen LogP contribution in [0.25, 0.3) is 0 Å². The molecule has 1 aliphatic carbocycles. The standard InChI is InChI=1S/C12H11NO2/c13-7-10-12(14)6-2-4-8-3-1-5-9(15-10)11(8)12/h1,3,5,10,14H,2,4,6H2/t10-,12+/m0/s1. The minimum Gasteiger partial charge on any atom is -0.472 e. The fraction of sp³-hybridized carbons (Fsp3) is 0.417. The molecule has 0 spiro atoms. The van der Waals surface area contributed by atoms with Crippen LogP contribution in [0.15, 0.2) is 18.2 Å². The molecule has 0 bridgehead atoms. The Morgan fingerprint density at radius 3 is 3.20 bits per heavy atom. The van der Waals surface area contributed by atoms with E-state index in [9.17, 15) is 5.11 Å². The van der Waals surface area contributed by atoms with E-state index in [1.54, 1.807) is 0 Å². The summed E-state index contributed by atoms with van der Waals surface area (Å²) in [6, 6.07) is 7.79. The number of nitriles is 1. The van der Waals surface area contributed by atoms with Gasteiger partial charge in [0.15, 0.2) is 0 Å². The Hall–Kier alpha value is -1.53. The summed E-state index contributed by atoms with van der Waals surface area (Å²) in [7, 11) is 0. The Morgan fingerprint density at radius 1 is 1.53 bits per heavy atom. The van der Waals surface area contributed by atoms with Crippen LogP contribution in [-0.4, -0.2) is 11.2 Å². The second-order valence-electron chi connectivity index (χ2n) is 4.20. The summed E-state index contributed by atoms with van der Waals surface area (Å²) in [6.45, 7) is 0. The Bertz CT molecular complexity index is 463. The van der Waals surface area contributed by atoms with Gasteiger partial charge in [0, 0.05) is 5.56 Å². The zero-order valence-corrected chi connectivity index (χ0v) is 8.23. The van der Waals surface area contributed by atoms with Crippen molar-refractivity contribution >= 4 is 0 Å². The molecule has 0 amide bonds. The quantitative estimate of drug-likeness (QED) is 0.692. The Labute approximate surface area is 87.9 Å². The number of nitrogens with zero attached hydrogens (tertiary/aromatic N) is 1. The minimum atomic E-state index is -1.07. The van der Waals surface area contributed by atoms with Crippen molar-refractivity contribution in [3.05, 3.63) is 29.3 Å². The van der Waals surface area contributed by atoms with E-state index in [2.05, 4.69) is 0 Å². The van der Waals surface area contributed by atoms with Gasteiger partial charge in [-0.15, -0.1) is 0 Å². The highest BCUT2D eigenvalue weighted by molar-refractivity contribution is 5.51. The third-order valence-electron chi connectivity index (χ3n) is 3.35. The second-order valence-corrected chi connectivity index (χ2v) is 4.20. The lowest BCUT2D eigenvalue weighted by Gasteiger charge is -2.30. The van der Waals surface area contributed by atoms with Gasteiger partial charge in [-0.3, -0.25) is 0 Å². The highest BCUT2D eigenvalue weighted by Crippen LogP contribution is 2.48. The first kappa shape index (κ1) is 8.75. The van der Waals surface area contributed by atoms with Crippen LogP contribution in [0.3, 0.4) is 0 Å². The molecule has 2 aliphatic rings. The molecule has 3 heteroatoms. The van der Waals surface area contributed by atoms with Gasteiger partial charge in [0.25, 0.3) is 0 Å². The van der Waals surface area contributed by atoms with Crippen molar-refractivity contribution in [1.82, 2.24) is 0 Å². The van der Waals surface area contributed by atoms with Crippen molar-refractivity contribution in [3.63, 3.8) is 0 Å². The Kier molecular flexibility index (Phi) is 1.60. The molecule has 1 aliphatic heterocycles. The van der Waals surface area contributed by atoms with Crippen molar-refractivity contribution in [2.24, 2.45) is 0 Å². The van der Waals surface area contributed by atoms with Crippen molar-refractivity contribution < 1.29 is 9.84 Å². The van der Waals surface area contributed by atoms with Gasteiger partial charge in [-0.05, 0) is 30.9 Å². The first-order chi connectivity index (χ1) is 7.25. The number of benzene rings is 1. The number of ether oxygens (including phenoxy) is 1. The molecule has 1 N–H and O–H groups in total. The van der Waals surface area contributed by atoms with Crippen molar-refractivity contribution in [2.75, 3.05) is 0 Å². The summed E-state index contributed by atoms with van der Waals surface area (Å²) < 4.78 is 5.47. The number of hydrogen-bond donors (Lipinski definition) is 1. The average Bonchev–Trinajstić information content (AvgIpc) is 2.54. The molecule has 15 heavy (non-hydrogen) atoms. The predicted molar refractivity (Wildman–Crippen MR) is 53.3 cm³/mol. The zero-order chi connectivity index (χ0) is 10.5. The van der Waals surface area contributed by atoms with Crippen LogP contribution >= 0.6 is 0 Å². The molecule has 1 aromatic rings. The molecule has 0 aromatic heterocycles. The number of rotatable bonds is 0. The van der Waals surface area contributed by atoms with Crippen LogP contribution in [0.1, 0.15) is 24.0 Å². The molecule has 2 atom stereocenters. The van der Waals surface area contributed by atoms with Crippen LogP contribution < -0.4 is 4.74 Å². The Morgan fingerprint density at radius 2 is 2.40 bits per heavy atom. The van der Waals surface area contributed by atoms with Crippen LogP contribution in [-0.2, 0) is 12.0 Å². The third-order valence-corrected chi connectivity index (χ3v) is 3.35. The first-order valence-corrected chi connectivity index (χ1v) is 5.17. The van der Waals surface area contributed by atoms with E-state index in [1.807, 2.05) is 24.3 Å². The molecule has 0 unspecified atom stereocenters. The monoisotopic (exact) mass is 201 g/mol. The summed E-state index contributed by atoms with van der Waals surface area (Å²) in [6.07, 6.45) is 1.76. The van der Waals surface area contributed by atoms with E-state index in [1.165, 1.54) is 0 Å². The zero-order valence-electron chi connectivity index (χ0n) is 8.23. The average molecular weight is 201 g/mol. The summed E-state index contributed by atoms with van der Waals surface area (Å²) in [5, 5.41) is 19.5. The molecular weight excluding hydrogens is 190 g/mol. The van der Waals surface area contributed by atoms with Gasteiger partial charge >= 0.3 is 0 Å². The Balaban J connectivity index is 2.25. The summed E-state index contributed by atoms with van der Waals surface area (Å²) in [4.78, 5) is 0. The molecule has 76 valence electrons. The van der Waals surface area contributed by atoms with E-state index in [0.717, 1.165) is 24.0 Å². The largest absolute Gasteiger partial charge is 0.472 e. The van der Waals surface area contributed by atoms with Gasteiger partial charge < -0.3 is 9.84 Å². The fourth-order valence-corrected chi connectivity index (χ4v) is 2.67. The molecule has 0 saturated heterocycles. The summed E-state index contributed by atoms with van der Waals surface area (Å²) in [5.41, 5.74) is 0.903. The van der Waals surface area contributed by atoms with Gasteiger partial charge in [-0.2, -0.15) is 5.26 Å². The number of aryl methyl sites for hydroxylation is 1. The van der Waals surface area contributed by atoms with E-state index in [-0.39, 0.29) is 0 Å². The summed E-state index contributed by atoms with van der Waals surface area (Å²) in [5.74, 6) is 0.682. The lowest BCUT2D eigenvalue weighted by Crippen LogP contribution is -2.39. The number of hydrogen-bond acceptors (Lipinski definition) is 3. The molecule has 0 fully saturated rings. The highest BCUT2D eigenvalue weighted by atomic mass is 16.5. The van der Waals surface area contributed by atoms with E-state index < -0.39 is 11.7 Å². The first-order valence-electron chi connectivity index (χ1n) is 5.17. The van der Waals surface area contributed by atoms with Gasteiger partial charge in [-0.25, -0.2) is 0 Å². The third kappa shape index (κ3) is 0.974. The normalized spacial score (nSPS) is 31.6. The van der Waals surface area contributed by atoms with Gasteiger partial charge in [-0.1, -0.05) is 12.1 Å². The van der Waals surface area contributed by atoms with Gasteiger partial charge in [0.1, 0.15) is 17.4 Å². The number of aliphatic hydroxyl groups is 1. The van der Waals surface area contributed by atoms with Crippen LogP contribution in [0.2, 0.25) is 0 Å². The molecule has 3 nitrogen and oxygen atoms in total. The van der Waals surface area contributed by atoms with Crippen LogP contribution in [0, 0.1) is 11.3 Å². The van der Waals surface area contributed by atoms with Gasteiger partial charge in [0.05, 0.1) is 0 Å². The van der Waals surface area contributed by atoms with Crippen LogP contribution in [0.4, 0.5) is 0 Å². The van der Waals surface area contributed by atoms with E-state index in [0.29, 0.717) is 12.2 Å². The highest BCUT2D eigenvalue weighted by Gasteiger charge is 2.50. The smallest absolute Gasteiger partial charge is 0.217 e. The molecule has 1 aromatic carbocycles.